The van der Waals surface area contributed by atoms with Crippen molar-refractivity contribution in [2.24, 2.45) is 0 Å². The van der Waals surface area contributed by atoms with Crippen molar-refractivity contribution >= 4 is 28.8 Å². The van der Waals surface area contributed by atoms with E-state index < -0.39 is 0 Å². The average Bonchev–Trinajstić information content (AvgIpc) is 2.49. The highest BCUT2D eigenvalue weighted by Gasteiger charge is 2.19. The standard InChI is InChI=1S/C15H17ClN4/c16-13-3-1-2-4-14(13)19-7-9-20(10-8-19)15-6-5-12(17)11-18-15/h1-6,11H,7-10,17H2. The Morgan fingerprint density at radius 3 is 2.30 bits per heavy atom. The molecular weight excluding hydrogens is 272 g/mol. The van der Waals surface area contributed by atoms with Crippen LogP contribution in [0.5, 0.6) is 0 Å². The van der Waals surface area contributed by atoms with E-state index in [0.29, 0.717) is 5.69 Å². The molecule has 0 saturated carbocycles. The summed E-state index contributed by atoms with van der Waals surface area (Å²) < 4.78 is 0. The first-order valence-electron chi connectivity index (χ1n) is 6.70. The number of nitrogen functional groups attached to an aromatic ring is 1. The molecule has 104 valence electrons. The summed E-state index contributed by atoms with van der Waals surface area (Å²) in [6.45, 7) is 3.75. The van der Waals surface area contributed by atoms with E-state index in [1.165, 1.54) is 0 Å². The molecule has 2 heterocycles. The van der Waals surface area contributed by atoms with Gasteiger partial charge in [-0.1, -0.05) is 23.7 Å². The van der Waals surface area contributed by atoms with Crippen LogP contribution in [0.3, 0.4) is 0 Å². The highest BCUT2D eigenvalue weighted by molar-refractivity contribution is 6.33. The molecule has 5 heteroatoms. The maximum absolute atomic E-state index is 6.25. The molecule has 0 radical (unpaired) electrons. The Balaban J connectivity index is 1.68. The van der Waals surface area contributed by atoms with E-state index in [2.05, 4.69) is 20.9 Å². The summed E-state index contributed by atoms with van der Waals surface area (Å²) >= 11 is 6.25. The number of hydrogen-bond donors (Lipinski definition) is 1. The quantitative estimate of drug-likeness (QED) is 0.923. The number of para-hydroxylation sites is 1. The van der Waals surface area contributed by atoms with Gasteiger partial charge in [-0.2, -0.15) is 0 Å². The van der Waals surface area contributed by atoms with E-state index in [-0.39, 0.29) is 0 Å². The van der Waals surface area contributed by atoms with Gasteiger partial charge in [-0.25, -0.2) is 4.98 Å². The van der Waals surface area contributed by atoms with Crippen molar-refractivity contribution in [2.45, 2.75) is 0 Å². The normalized spacial score (nSPS) is 15.4. The van der Waals surface area contributed by atoms with Gasteiger partial charge in [-0.15, -0.1) is 0 Å². The van der Waals surface area contributed by atoms with Crippen molar-refractivity contribution in [3.63, 3.8) is 0 Å². The van der Waals surface area contributed by atoms with Crippen molar-refractivity contribution < 1.29 is 0 Å². The molecule has 1 fully saturated rings. The molecule has 3 rings (SSSR count). The summed E-state index contributed by atoms with van der Waals surface area (Å²) in [6.07, 6.45) is 1.70. The molecule has 0 amide bonds. The monoisotopic (exact) mass is 288 g/mol. The molecule has 0 spiro atoms. The lowest BCUT2D eigenvalue weighted by Crippen LogP contribution is -2.46. The molecule has 1 saturated heterocycles. The number of nitrogens with two attached hydrogens (primary N) is 1. The Labute approximate surface area is 123 Å². The van der Waals surface area contributed by atoms with Crippen LogP contribution in [-0.2, 0) is 0 Å². The van der Waals surface area contributed by atoms with Crippen LogP contribution in [0.4, 0.5) is 17.2 Å². The number of hydrogen-bond acceptors (Lipinski definition) is 4. The Hall–Kier alpha value is -1.94. The Morgan fingerprint density at radius 1 is 0.950 bits per heavy atom. The van der Waals surface area contributed by atoms with E-state index in [9.17, 15) is 0 Å². The van der Waals surface area contributed by atoms with E-state index in [1.54, 1.807) is 6.20 Å². The van der Waals surface area contributed by atoms with Gasteiger partial charge in [0.2, 0.25) is 0 Å². The van der Waals surface area contributed by atoms with Crippen LogP contribution in [0, 0.1) is 0 Å². The SMILES string of the molecule is Nc1ccc(N2CCN(c3ccccc3Cl)CC2)nc1. The van der Waals surface area contributed by atoms with Crippen molar-refractivity contribution in [3.05, 3.63) is 47.6 Å². The average molecular weight is 289 g/mol. The van der Waals surface area contributed by atoms with Crippen LogP contribution < -0.4 is 15.5 Å². The molecule has 0 unspecified atom stereocenters. The van der Waals surface area contributed by atoms with Crippen LogP contribution in [0.2, 0.25) is 5.02 Å². The fourth-order valence-electron chi connectivity index (χ4n) is 2.47. The van der Waals surface area contributed by atoms with E-state index >= 15 is 0 Å². The molecule has 1 aromatic carbocycles. The lowest BCUT2D eigenvalue weighted by molar-refractivity contribution is 0.647. The fraction of sp³-hybridized carbons (Fsp3) is 0.267. The second-order valence-corrected chi connectivity index (χ2v) is 5.28. The van der Waals surface area contributed by atoms with Gasteiger partial charge in [0.1, 0.15) is 5.82 Å². The van der Waals surface area contributed by atoms with Gasteiger partial charge in [0.15, 0.2) is 0 Å². The summed E-state index contributed by atoms with van der Waals surface area (Å²) in [7, 11) is 0. The summed E-state index contributed by atoms with van der Waals surface area (Å²) in [6, 6.07) is 11.9. The lowest BCUT2D eigenvalue weighted by atomic mass is 10.2. The first kappa shape index (κ1) is 13.1. The second-order valence-electron chi connectivity index (χ2n) is 4.88. The van der Waals surface area contributed by atoms with Gasteiger partial charge < -0.3 is 15.5 Å². The van der Waals surface area contributed by atoms with Gasteiger partial charge in [-0.3, -0.25) is 0 Å². The Kier molecular flexibility index (Phi) is 3.65. The van der Waals surface area contributed by atoms with Gasteiger partial charge >= 0.3 is 0 Å². The molecule has 1 aromatic heterocycles. The summed E-state index contributed by atoms with van der Waals surface area (Å²) in [5.41, 5.74) is 7.47. The minimum atomic E-state index is 0.698. The first-order valence-corrected chi connectivity index (χ1v) is 7.08. The number of aromatic nitrogens is 1. The summed E-state index contributed by atoms with van der Waals surface area (Å²) in [5.74, 6) is 0.984. The minimum absolute atomic E-state index is 0.698. The molecular formula is C15H17ClN4. The largest absolute Gasteiger partial charge is 0.397 e. The lowest BCUT2D eigenvalue weighted by Gasteiger charge is -2.37. The van der Waals surface area contributed by atoms with Crippen LogP contribution in [-0.4, -0.2) is 31.2 Å². The maximum atomic E-state index is 6.25. The fourth-order valence-corrected chi connectivity index (χ4v) is 2.72. The third kappa shape index (κ3) is 2.65. The summed E-state index contributed by atoms with van der Waals surface area (Å²) in [4.78, 5) is 8.96. The Morgan fingerprint density at radius 2 is 1.65 bits per heavy atom. The minimum Gasteiger partial charge on any atom is -0.397 e. The molecule has 4 nitrogen and oxygen atoms in total. The third-order valence-electron chi connectivity index (χ3n) is 3.57. The van der Waals surface area contributed by atoms with Crippen molar-refractivity contribution in [1.29, 1.82) is 0 Å². The molecule has 1 aliphatic heterocycles. The third-order valence-corrected chi connectivity index (χ3v) is 3.89. The van der Waals surface area contributed by atoms with Gasteiger partial charge in [0.05, 0.1) is 22.6 Å². The highest BCUT2D eigenvalue weighted by atomic mass is 35.5. The van der Waals surface area contributed by atoms with Crippen molar-refractivity contribution in [2.75, 3.05) is 41.7 Å². The molecule has 0 aliphatic carbocycles. The zero-order chi connectivity index (χ0) is 13.9. The highest BCUT2D eigenvalue weighted by Crippen LogP contribution is 2.26. The van der Waals surface area contributed by atoms with E-state index in [4.69, 9.17) is 17.3 Å². The number of anilines is 3. The topological polar surface area (TPSA) is 45.4 Å². The summed E-state index contributed by atoms with van der Waals surface area (Å²) in [5, 5.41) is 0.812. The smallest absolute Gasteiger partial charge is 0.128 e. The Bertz CT molecular complexity index is 577. The van der Waals surface area contributed by atoms with Crippen LogP contribution in [0.1, 0.15) is 0 Å². The molecule has 2 aromatic rings. The van der Waals surface area contributed by atoms with E-state index in [0.717, 1.165) is 42.7 Å². The number of piperazine rings is 1. The van der Waals surface area contributed by atoms with Gasteiger partial charge in [0.25, 0.3) is 0 Å². The van der Waals surface area contributed by atoms with Gasteiger partial charge in [-0.05, 0) is 24.3 Å². The predicted octanol–water partition coefficient (Wildman–Crippen LogP) is 2.64. The molecule has 0 atom stereocenters. The van der Waals surface area contributed by atoms with E-state index in [1.807, 2.05) is 30.3 Å². The van der Waals surface area contributed by atoms with Crippen molar-refractivity contribution in [1.82, 2.24) is 4.98 Å². The zero-order valence-electron chi connectivity index (χ0n) is 11.2. The molecule has 2 N–H and O–H groups in total. The molecule has 1 aliphatic rings. The number of nitrogens with zero attached hydrogens (tertiary/aromatic N) is 3. The second kappa shape index (κ2) is 5.59. The first-order chi connectivity index (χ1) is 9.74. The number of halogens is 1. The van der Waals surface area contributed by atoms with Gasteiger partial charge in [0, 0.05) is 26.2 Å². The zero-order valence-corrected chi connectivity index (χ0v) is 11.9. The molecule has 0 bridgehead atoms. The van der Waals surface area contributed by atoms with Crippen LogP contribution in [0.25, 0.3) is 0 Å². The molecule has 20 heavy (non-hydrogen) atoms. The van der Waals surface area contributed by atoms with Crippen molar-refractivity contribution in [3.8, 4) is 0 Å². The number of rotatable bonds is 2. The maximum Gasteiger partial charge on any atom is 0.128 e. The van der Waals surface area contributed by atoms with Crippen LogP contribution in [0.15, 0.2) is 42.6 Å². The number of pyridine rings is 1. The number of benzene rings is 1. The predicted molar refractivity (Wildman–Crippen MR) is 84.5 cm³/mol. The van der Waals surface area contributed by atoms with Crippen LogP contribution >= 0.6 is 11.6 Å².